The fraction of sp³-hybridized carbons (Fsp3) is 0.362. The lowest BCUT2D eigenvalue weighted by atomic mass is 9.95. The molecular weight excluding hydrogens is 753 g/mol. The van der Waals surface area contributed by atoms with Crippen LogP contribution in [-0.2, 0) is 13.5 Å². The predicted molar refractivity (Wildman–Crippen MR) is 227 cm³/mol. The topological polar surface area (TPSA) is 112 Å². The highest BCUT2D eigenvalue weighted by Gasteiger charge is 2.35. The molecule has 304 valence electrons. The van der Waals surface area contributed by atoms with Gasteiger partial charge in [0.1, 0.15) is 0 Å². The van der Waals surface area contributed by atoms with Crippen LogP contribution in [0.25, 0.3) is 21.5 Å². The lowest BCUT2D eigenvalue weighted by molar-refractivity contribution is -0.100. The van der Waals surface area contributed by atoms with Gasteiger partial charge in [-0.05, 0) is 53.6 Å². The van der Waals surface area contributed by atoms with Crippen molar-refractivity contribution in [2.24, 2.45) is 0 Å². The fourth-order valence-corrected chi connectivity index (χ4v) is 7.73. The Morgan fingerprint density at radius 1 is 0.448 bits per heavy atom. The van der Waals surface area contributed by atoms with E-state index in [0.29, 0.717) is 57.4 Å². The molecule has 11 heteroatoms. The summed E-state index contributed by atoms with van der Waals surface area (Å²) in [5.74, 6) is -1.35. The minimum Gasteiger partial charge on any atom is -0.323 e. The molecular formula is C47H52N2O8S. The number of nitrogens with zero attached hydrogens (tertiary/aromatic N) is 2. The molecule has 0 aliphatic carbocycles. The summed E-state index contributed by atoms with van der Waals surface area (Å²) in [6, 6.07) is 30.4. The second-order valence-electron chi connectivity index (χ2n) is 14.6. The summed E-state index contributed by atoms with van der Waals surface area (Å²) in [6.45, 7) is 2.67. The first-order valence-electron chi connectivity index (χ1n) is 20.7. The molecule has 4 amide bonds. The summed E-state index contributed by atoms with van der Waals surface area (Å²) >= 11 is 0.388. The normalized spacial score (nSPS) is 13.3. The van der Waals surface area contributed by atoms with Crippen molar-refractivity contribution < 1.29 is 37.5 Å². The SMILES string of the molecule is CCCCCCCCCCCCCCCCCON1C(=O)c2cccc3cccc(c23)C1=O.O=C1c2cccc3cccc(c23)C(=O)N1OSOOc1ccccc1. The number of para-hydroxylation sites is 1. The third-order valence-electron chi connectivity index (χ3n) is 10.4. The summed E-state index contributed by atoms with van der Waals surface area (Å²) < 4.78 is 9.95. The minimum absolute atomic E-state index is 0.356. The van der Waals surface area contributed by atoms with Gasteiger partial charge >= 0.3 is 0 Å². The number of amides is 4. The second kappa shape index (κ2) is 22.2. The van der Waals surface area contributed by atoms with Crippen molar-refractivity contribution in [3.63, 3.8) is 0 Å². The van der Waals surface area contributed by atoms with Gasteiger partial charge in [-0.25, -0.2) is 0 Å². The lowest BCUT2D eigenvalue weighted by Crippen LogP contribution is -2.40. The van der Waals surface area contributed by atoms with Gasteiger partial charge in [-0.2, -0.15) is 4.28 Å². The quantitative estimate of drug-likeness (QED) is 0.0222. The molecule has 0 fully saturated rings. The molecule has 0 atom stereocenters. The lowest BCUT2D eigenvalue weighted by Gasteiger charge is -2.26. The Labute approximate surface area is 345 Å². The molecule has 7 rings (SSSR count). The first-order chi connectivity index (χ1) is 28.5. The van der Waals surface area contributed by atoms with Gasteiger partial charge in [-0.15, -0.1) is 10.1 Å². The fourth-order valence-electron chi connectivity index (χ4n) is 7.40. The molecule has 0 aromatic heterocycles. The Hall–Kier alpha value is -5.07. The van der Waals surface area contributed by atoms with Gasteiger partial charge in [-0.3, -0.25) is 24.0 Å². The molecule has 5 aromatic rings. The standard InChI is InChI=1S/C29H41NO3.C18H11NO5S/c1-2-3-4-5-6-7-8-9-10-11-12-13-14-15-16-23-33-30-28(31)25-21-17-19-24-20-18-22-26(27(24)25)29(30)32;20-17-14-10-4-6-12-7-5-11-15(16(12)14)18(21)19(17)23-25-24-22-13-8-2-1-3-9-13/h17-22H,2-16,23H2,1H3;1-11H. The third-order valence-corrected chi connectivity index (χ3v) is 10.8. The number of benzene rings is 5. The van der Waals surface area contributed by atoms with Crippen molar-refractivity contribution in [2.75, 3.05) is 6.61 Å². The van der Waals surface area contributed by atoms with Gasteiger partial charge in [0.2, 0.25) is 12.3 Å². The van der Waals surface area contributed by atoms with Crippen LogP contribution in [0.1, 0.15) is 145 Å². The number of carbonyl (C=O) groups is 4. The molecule has 2 aliphatic rings. The van der Waals surface area contributed by atoms with Crippen molar-refractivity contribution in [1.82, 2.24) is 10.1 Å². The average molecular weight is 805 g/mol. The van der Waals surface area contributed by atoms with E-state index >= 15 is 0 Å². The second-order valence-corrected chi connectivity index (χ2v) is 15.0. The van der Waals surface area contributed by atoms with E-state index in [1.165, 1.54) is 83.5 Å². The number of hydrogen-bond acceptors (Lipinski definition) is 9. The van der Waals surface area contributed by atoms with Crippen LogP contribution < -0.4 is 4.89 Å². The molecule has 0 bridgehead atoms. The van der Waals surface area contributed by atoms with E-state index in [-0.39, 0.29) is 11.8 Å². The van der Waals surface area contributed by atoms with E-state index in [1.54, 1.807) is 60.7 Å². The highest BCUT2D eigenvalue weighted by Crippen LogP contribution is 2.32. The first-order valence-corrected chi connectivity index (χ1v) is 21.3. The molecule has 0 spiro atoms. The maximum absolute atomic E-state index is 12.8. The van der Waals surface area contributed by atoms with E-state index in [1.807, 2.05) is 42.5 Å². The molecule has 0 radical (unpaired) electrons. The largest absolute Gasteiger partial charge is 0.323 e. The van der Waals surface area contributed by atoms with Crippen LogP contribution in [-0.4, -0.2) is 40.4 Å². The Bertz CT molecular complexity index is 2060. The predicted octanol–water partition coefficient (Wildman–Crippen LogP) is 12.2. The van der Waals surface area contributed by atoms with Crippen LogP contribution >= 0.6 is 12.3 Å². The Morgan fingerprint density at radius 2 is 0.845 bits per heavy atom. The van der Waals surface area contributed by atoms with Gasteiger partial charge in [0.15, 0.2) is 5.75 Å². The Balaban J connectivity index is 0.000000202. The van der Waals surface area contributed by atoms with E-state index in [0.717, 1.165) is 34.1 Å². The van der Waals surface area contributed by atoms with Gasteiger partial charge in [0.05, 0.1) is 28.9 Å². The molecule has 0 unspecified atom stereocenters. The molecule has 0 N–H and O–H groups in total. The van der Waals surface area contributed by atoms with Gasteiger partial charge in [0, 0.05) is 10.8 Å². The van der Waals surface area contributed by atoms with Crippen LogP contribution in [0, 0.1) is 0 Å². The van der Waals surface area contributed by atoms with Gasteiger partial charge < -0.3 is 4.89 Å². The van der Waals surface area contributed by atoms with Crippen molar-refractivity contribution in [3.8, 4) is 5.75 Å². The molecule has 0 saturated carbocycles. The minimum atomic E-state index is -0.551. The maximum Gasteiger partial charge on any atom is 0.286 e. The summed E-state index contributed by atoms with van der Waals surface area (Å²) in [6.07, 6.45) is 19.6. The number of rotatable bonds is 22. The first kappa shape index (κ1) is 42.5. The van der Waals surface area contributed by atoms with E-state index in [2.05, 4.69) is 6.92 Å². The van der Waals surface area contributed by atoms with Crippen molar-refractivity contribution in [1.29, 1.82) is 0 Å². The number of hydrogen-bond donors (Lipinski definition) is 0. The molecule has 2 aliphatic heterocycles. The smallest absolute Gasteiger partial charge is 0.286 e. The third kappa shape index (κ3) is 10.9. The molecule has 58 heavy (non-hydrogen) atoms. The number of imide groups is 2. The zero-order chi connectivity index (χ0) is 40.5. The Morgan fingerprint density at radius 3 is 1.28 bits per heavy atom. The van der Waals surface area contributed by atoms with Crippen molar-refractivity contribution >= 4 is 57.5 Å². The van der Waals surface area contributed by atoms with Crippen LogP contribution in [0.4, 0.5) is 0 Å². The molecule has 5 aromatic carbocycles. The maximum atomic E-state index is 12.8. The highest BCUT2D eigenvalue weighted by atomic mass is 32.2. The van der Waals surface area contributed by atoms with Crippen LogP contribution in [0.2, 0.25) is 0 Å². The van der Waals surface area contributed by atoms with Crippen molar-refractivity contribution in [3.05, 3.63) is 125 Å². The summed E-state index contributed by atoms with van der Waals surface area (Å²) in [5, 5.41) is 4.73. The zero-order valence-corrected chi connectivity index (χ0v) is 34.0. The number of unbranched alkanes of at least 4 members (excludes halogenated alkanes) is 14. The number of carbonyl (C=O) groups excluding carboxylic acids is 4. The van der Waals surface area contributed by atoms with Crippen molar-refractivity contribution in [2.45, 2.75) is 103 Å². The number of hydroxylamine groups is 4. The van der Waals surface area contributed by atoms with Crippen LogP contribution in [0.5, 0.6) is 5.75 Å². The zero-order valence-electron chi connectivity index (χ0n) is 33.2. The summed E-state index contributed by atoms with van der Waals surface area (Å²) in [5.41, 5.74) is 1.88. The molecule has 0 saturated heterocycles. The van der Waals surface area contributed by atoms with Gasteiger partial charge in [0.25, 0.3) is 23.6 Å². The average Bonchev–Trinajstić information content (AvgIpc) is 3.25. The van der Waals surface area contributed by atoms with Crippen LogP contribution in [0.3, 0.4) is 0 Å². The monoisotopic (exact) mass is 804 g/mol. The van der Waals surface area contributed by atoms with Gasteiger partial charge in [-0.1, -0.05) is 168 Å². The van der Waals surface area contributed by atoms with E-state index in [9.17, 15) is 19.2 Å². The molecule has 10 nitrogen and oxygen atoms in total. The molecule has 2 heterocycles. The summed E-state index contributed by atoms with van der Waals surface area (Å²) in [7, 11) is 0. The van der Waals surface area contributed by atoms with E-state index < -0.39 is 11.8 Å². The highest BCUT2D eigenvalue weighted by molar-refractivity contribution is 7.89. The summed E-state index contributed by atoms with van der Waals surface area (Å²) in [4.78, 5) is 61.3. The Kier molecular flexibility index (Phi) is 16.3. The van der Waals surface area contributed by atoms with E-state index in [4.69, 9.17) is 18.3 Å². The van der Waals surface area contributed by atoms with Crippen LogP contribution in [0.15, 0.2) is 103 Å².